The van der Waals surface area contributed by atoms with E-state index in [2.05, 4.69) is 0 Å². The van der Waals surface area contributed by atoms with E-state index in [4.69, 9.17) is 7.80 Å². The maximum absolute atomic E-state index is 13.6. The summed E-state index contributed by atoms with van der Waals surface area (Å²) in [4.78, 5) is 0. The van der Waals surface area contributed by atoms with Crippen LogP contribution in [0.1, 0.15) is 26.3 Å². The van der Waals surface area contributed by atoms with Gasteiger partial charge in [0.05, 0.1) is 0 Å². The van der Waals surface area contributed by atoms with Gasteiger partial charge in [0, 0.05) is 0 Å². The molecule has 2 nitrogen and oxygen atoms in total. The Morgan fingerprint density at radius 2 is 1.60 bits per heavy atom. The van der Waals surface area contributed by atoms with Crippen molar-refractivity contribution in [1.29, 1.82) is 0 Å². The van der Waals surface area contributed by atoms with Crippen molar-refractivity contribution < 1.29 is 34.1 Å². The van der Waals surface area contributed by atoms with Crippen LogP contribution in [-0.2, 0) is 13.4 Å². The molecule has 0 aromatic heterocycles. The van der Waals surface area contributed by atoms with E-state index < -0.39 is 43.8 Å². The molecule has 2 rings (SSSR count). The van der Waals surface area contributed by atoms with Gasteiger partial charge in [-0.1, -0.05) is 0 Å². The molecule has 1 aromatic rings. The van der Waals surface area contributed by atoms with Gasteiger partial charge in [-0.15, -0.1) is 0 Å². The van der Waals surface area contributed by atoms with Crippen LogP contribution in [-0.4, -0.2) is 19.5 Å². The minimum atomic E-state index is -5.63. The molecular formula is C16H17F6IO2. The summed E-state index contributed by atoms with van der Waals surface area (Å²) in [6.07, 6.45) is -11.3. The zero-order valence-electron chi connectivity index (χ0n) is 13.8. The van der Waals surface area contributed by atoms with Gasteiger partial charge in [-0.2, -0.15) is 0 Å². The van der Waals surface area contributed by atoms with Gasteiger partial charge in [0.25, 0.3) is 0 Å². The first kappa shape index (κ1) is 20.3. The van der Waals surface area contributed by atoms with Gasteiger partial charge in [-0.25, -0.2) is 0 Å². The topological polar surface area (TPSA) is 18.5 Å². The second-order valence-electron chi connectivity index (χ2n) is 5.75. The van der Waals surface area contributed by atoms with E-state index in [-0.39, 0.29) is 9.49 Å². The third-order valence-electron chi connectivity index (χ3n) is 3.76. The molecule has 0 aliphatic carbocycles. The Kier molecular flexibility index (Phi) is 5.40. The Bertz CT molecular complexity index is 664. The zero-order chi connectivity index (χ0) is 19.2. The average Bonchev–Trinajstić information content (AvgIpc) is 2.83. The zero-order valence-corrected chi connectivity index (χ0v) is 16.0. The van der Waals surface area contributed by atoms with Crippen LogP contribution in [0.3, 0.4) is 0 Å². The van der Waals surface area contributed by atoms with Crippen LogP contribution in [0.2, 0.25) is 0 Å². The Morgan fingerprint density at radius 1 is 1.08 bits per heavy atom. The molecule has 0 N–H and O–H groups in total. The molecule has 142 valence electrons. The van der Waals surface area contributed by atoms with Crippen molar-refractivity contribution in [2.45, 2.75) is 38.7 Å². The van der Waals surface area contributed by atoms with Crippen molar-refractivity contribution in [3.63, 3.8) is 0 Å². The van der Waals surface area contributed by atoms with E-state index in [0.717, 1.165) is 12.1 Å². The summed E-state index contributed by atoms with van der Waals surface area (Å²) in [6.45, 7) is 4.92. The number of methoxy groups -OCH3 is 1. The summed E-state index contributed by atoms with van der Waals surface area (Å²) in [7, 11) is 1.33. The van der Waals surface area contributed by atoms with Crippen molar-refractivity contribution in [3.8, 4) is 0 Å². The number of rotatable bonds is 3. The van der Waals surface area contributed by atoms with E-state index >= 15 is 0 Å². The predicted molar refractivity (Wildman–Crippen MR) is 88.6 cm³/mol. The molecule has 0 unspecified atom stereocenters. The summed E-state index contributed by atoms with van der Waals surface area (Å²) in [6, 6.07) is 4.74. The van der Waals surface area contributed by atoms with Crippen LogP contribution < -0.4 is 0 Å². The van der Waals surface area contributed by atoms with Gasteiger partial charge in [-0.05, 0) is 0 Å². The van der Waals surface area contributed by atoms with Gasteiger partial charge >= 0.3 is 149 Å². The van der Waals surface area contributed by atoms with Crippen molar-refractivity contribution in [2.75, 3.05) is 7.11 Å². The average molecular weight is 482 g/mol. The number of allylic oxidation sites excluding steroid dienone is 2. The molecule has 0 bridgehead atoms. The van der Waals surface area contributed by atoms with E-state index in [9.17, 15) is 26.3 Å². The molecule has 0 radical (unpaired) electrons. The molecule has 1 aliphatic rings. The molecule has 0 saturated heterocycles. The molecule has 0 fully saturated rings. The number of fused-ring (bicyclic) bond motifs is 1. The van der Waals surface area contributed by atoms with Crippen molar-refractivity contribution in [3.05, 3.63) is 42.7 Å². The molecular weight excluding hydrogens is 465 g/mol. The van der Waals surface area contributed by atoms with Gasteiger partial charge in [-0.3, -0.25) is 0 Å². The number of halogens is 7. The van der Waals surface area contributed by atoms with E-state index in [1.807, 2.05) is 0 Å². The predicted octanol–water partition coefficient (Wildman–Crippen LogP) is 6.16. The number of hydrogen-bond acceptors (Lipinski definition) is 2. The maximum atomic E-state index is 13.6. The number of hydrogen-bond donors (Lipinski definition) is 0. The van der Waals surface area contributed by atoms with Crippen LogP contribution in [0, 0.1) is 9.49 Å². The third kappa shape index (κ3) is 3.13. The summed E-state index contributed by atoms with van der Waals surface area (Å²) < 4.78 is 92.3. The minimum absolute atomic E-state index is 0.00134. The molecule has 1 aliphatic heterocycles. The van der Waals surface area contributed by atoms with Crippen LogP contribution in [0.25, 0.3) is 0 Å². The standard InChI is InChI=1S/C16H17F6IO2/c1-9(2)13(10(3)24-4)23-12-8-6-5-7-11(12)14(25-23,15(17,18)19)16(20,21)22/h5-9H,1-4H3/b13-10+. The fourth-order valence-corrected chi connectivity index (χ4v) is 8.78. The monoisotopic (exact) mass is 482 g/mol. The van der Waals surface area contributed by atoms with Gasteiger partial charge < -0.3 is 0 Å². The molecule has 0 saturated carbocycles. The summed E-state index contributed by atoms with van der Waals surface area (Å²) in [5.74, 6) is -0.00868. The molecule has 0 atom stereocenters. The fraction of sp³-hybridized carbons (Fsp3) is 0.500. The fourth-order valence-electron chi connectivity index (χ4n) is 2.62. The SMILES string of the molecule is CO/C(C)=C(\C(C)C)I1OC(C(F)(F)F)(C(F)(F)F)c2ccccc21. The van der Waals surface area contributed by atoms with E-state index in [0.29, 0.717) is 9.34 Å². The molecule has 25 heavy (non-hydrogen) atoms. The molecule has 0 spiro atoms. The first-order chi connectivity index (χ1) is 11.4. The van der Waals surface area contributed by atoms with Gasteiger partial charge in [0.15, 0.2) is 0 Å². The van der Waals surface area contributed by atoms with E-state index in [1.165, 1.54) is 26.2 Å². The summed E-state index contributed by atoms with van der Waals surface area (Å²) in [5.41, 5.74) is -5.16. The molecule has 1 heterocycles. The van der Waals surface area contributed by atoms with Crippen LogP contribution in [0.5, 0.6) is 0 Å². The second kappa shape index (κ2) is 6.64. The molecule has 0 amide bonds. The van der Waals surface area contributed by atoms with Crippen LogP contribution in [0.15, 0.2) is 33.6 Å². The second-order valence-corrected chi connectivity index (χ2v) is 9.93. The van der Waals surface area contributed by atoms with Gasteiger partial charge in [0.1, 0.15) is 0 Å². The Labute approximate surface area is 149 Å². The Morgan fingerprint density at radius 3 is 2.04 bits per heavy atom. The summed E-state index contributed by atoms with van der Waals surface area (Å²) in [5, 5.41) is 0. The number of benzene rings is 1. The van der Waals surface area contributed by atoms with Gasteiger partial charge in [0.2, 0.25) is 0 Å². The van der Waals surface area contributed by atoms with Crippen LogP contribution in [0.4, 0.5) is 26.3 Å². The van der Waals surface area contributed by atoms with Crippen LogP contribution >= 0.6 is 20.2 Å². The normalized spacial score (nSPS) is 19.7. The summed E-state index contributed by atoms with van der Waals surface area (Å²) >= 11 is -3.46. The first-order valence-corrected chi connectivity index (χ1v) is 10.3. The quantitative estimate of drug-likeness (QED) is 0.292. The number of alkyl halides is 6. The number of ether oxygens (including phenoxy) is 1. The molecule has 9 heteroatoms. The van der Waals surface area contributed by atoms with Crippen molar-refractivity contribution in [2.24, 2.45) is 5.92 Å². The molecule has 1 aromatic carbocycles. The Hall–Kier alpha value is -0.970. The van der Waals surface area contributed by atoms with E-state index in [1.54, 1.807) is 13.8 Å². The third-order valence-corrected chi connectivity index (χ3v) is 9.92. The van der Waals surface area contributed by atoms with Crippen molar-refractivity contribution >= 4 is 20.2 Å². The van der Waals surface area contributed by atoms with Crippen molar-refractivity contribution in [1.82, 2.24) is 0 Å². The Balaban J connectivity index is 2.80. The first-order valence-electron chi connectivity index (χ1n) is 7.25.